The van der Waals surface area contributed by atoms with Gasteiger partial charge in [0, 0.05) is 18.3 Å². The Labute approximate surface area is 279 Å². The summed E-state index contributed by atoms with van der Waals surface area (Å²) in [5.41, 5.74) is -2.06. The summed E-state index contributed by atoms with van der Waals surface area (Å²) in [6.45, 7) is 15.9. The number of aliphatic hydroxyl groups is 4. The largest absolute Gasteiger partial charge is 0.457 e. The molecule has 47 heavy (non-hydrogen) atoms. The molecule has 7 rings (SSSR count). The number of Topliss-reactive ketones (excluding diaryl/α,β-unsaturated/α-hetero) is 1. The molecule has 4 N–H and O–H groups in total. The molecular weight excluding hydrogens is 604 g/mol. The van der Waals surface area contributed by atoms with Crippen molar-refractivity contribution >= 4 is 11.8 Å². The Balaban J connectivity index is 1.15. The molecule has 16 atom stereocenters. The van der Waals surface area contributed by atoms with E-state index in [4.69, 9.17) is 18.9 Å². The molecule has 2 saturated heterocycles. The van der Waals surface area contributed by atoms with E-state index >= 15 is 0 Å². The molecule has 5 saturated carbocycles. The van der Waals surface area contributed by atoms with E-state index in [-0.39, 0.29) is 57.9 Å². The average molecular weight is 663 g/mol. The molecule has 2 heterocycles. The van der Waals surface area contributed by atoms with E-state index in [0.29, 0.717) is 12.3 Å². The Bertz CT molecular complexity index is 1290. The van der Waals surface area contributed by atoms with Crippen molar-refractivity contribution in [1.29, 1.82) is 0 Å². The van der Waals surface area contributed by atoms with Gasteiger partial charge in [0.1, 0.15) is 24.4 Å². The molecule has 7 fully saturated rings. The first-order valence-electron chi connectivity index (χ1n) is 18.2. The monoisotopic (exact) mass is 662 g/mol. The fourth-order valence-electron chi connectivity index (χ4n) is 13.4. The number of ketones is 1. The van der Waals surface area contributed by atoms with Crippen LogP contribution in [0.3, 0.4) is 0 Å². The van der Waals surface area contributed by atoms with Gasteiger partial charge in [-0.2, -0.15) is 0 Å². The highest BCUT2D eigenvalue weighted by molar-refractivity contribution is 5.93. The molecule has 266 valence electrons. The summed E-state index contributed by atoms with van der Waals surface area (Å²) >= 11 is 0. The van der Waals surface area contributed by atoms with Crippen LogP contribution in [0.25, 0.3) is 0 Å². The summed E-state index contributed by atoms with van der Waals surface area (Å²) in [4.78, 5) is 27.0. The van der Waals surface area contributed by atoms with Gasteiger partial charge >= 0.3 is 5.97 Å². The number of rotatable bonds is 5. The predicted molar refractivity (Wildman–Crippen MR) is 170 cm³/mol. The molecule has 2 aliphatic heterocycles. The third-order valence-electron chi connectivity index (χ3n) is 15.6. The first-order valence-corrected chi connectivity index (χ1v) is 18.2. The van der Waals surface area contributed by atoms with Crippen LogP contribution >= 0.6 is 0 Å². The number of ether oxygens (including phenoxy) is 4. The third-order valence-corrected chi connectivity index (χ3v) is 15.6. The molecule has 0 aromatic rings. The fraction of sp³-hybridized carbons (Fsp3) is 0.946. The number of hydrogen-bond donors (Lipinski definition) is 4. The van der Waals surface area contributed by atoms with Crippen LogP contribution in [-0.2, 0) is 28.5 Å². The van der Waals surface area contributed by atoms with Gasteiger partial charge in [0.15, 0.2) is 18.2 Å². The van der Waals surface area contributed by atoms with Gasteiger partial charge < -0.3 is 39.4 Å². The third kappa shape index (κ3) is 4.46. The second kappa shape index (κ2) is 10.7. The highest BCUT2D eigenvalue weighted by atomic mass is 16.7. The summed E-state index contributed by atoms with van der Waals surface area (Å²) in [7, 11) is 0. The summed E-state index contributed by atoms with van der Waals surface area (Å²) in [5, 5.41) is 41.8. The van der Waals surface area contributed by atoms with Crippen molar-refractivity contribution in [2.75, 3.05) is 6.61 Å². The molecule has 10 nitrogen and oxygen atoms in total. The number of esters is 1. The van der Waals surface area contributed by atoms with Crippen molar-refractivity contribution in [2.45, 2.75) is 161 Å². The number of carbonyl (C=O) groups excluding carboxylic acids is 2. The van der Waals surface area contributed by atoms with Crippen LogP contribution in [0.4, 0.5) is 0 Å². The lowest BCUT2D eigenvalue weighted by atomic mass is 9.41. The fourth-order valence-corrected chi connectivity index (χ4v) is 13.4. The van der Waals surface area contributed by atoms with Crippen molar-refractivity contribution in [2.24, 2.45) is 50.7 Å². The highest BCUT2D eigenvalue weighted by Crippen LogP contribution is 2.89. The Morgan fingerprint density at radius 2 is 1.64 bits per heavy atom. The van der Waals surface area contributed by atoms with Gasteiger partial charge in [-0.05, 0) is 105 Å². The van der Waals surface area contributed by atoms with Crippen LogP contribution in [-0.4, -0.2) is 93.4 Å². The van der Waals surface area contributed by atoms with Crippen molar-refractivity contribution in [1.82, 2.24) is 0 Å². The van der Waals surface area contributed by atoms with E-state index in [2.05, 4.69) is 34.6 Å². The lowest BCUT2D eigenvalue weighted by molar-refractivity contribution is -0.302. The summed E-state index contributed by atoms with van der Waals surface area (Å²) in [6.07, 6.45) is 0.691. The van der Waals surface area contributed by atoms with Crippen molar-refractivity contribution in [3.63, 3.8) is 0 Å². The standard InChI is InChI=1S/C37H58O10/c1-18-15-21(30(33(5,6)43)45-19(2)38)46-28-25(18)34(7)13-14-37-17-36(37)12-11-24(47-31-27(41)26(40)20(39)16-44-31)32(3,4)22(36)9-10-23(37)35(34,8)29(28)42/h18,20-28,30-31,39-41,43H,9-17H2,1-8H3/t18-,20-,21-,22+,23+,24+,25+,26+,27-,28-,30-,31+,34-,35-,36-,37+/m1/s1. The van der Waals surface area contributed by atoms with Crippen LogP contribution < -0.4 is 0 Å². The highest BCUT2D eigenvalue weighted by Gasteiger charge is 2.85. The Morgan fingerprint density at radius 3 is 2.30 bits per heavy atom. The van der Waals surface area contributed by atoms with Gasteiger partial charge in [-0.25, -0.2) is 0 Å². The van der Waals surface area contributed by atoms with Gasteiger partial charge in [0.05, 0.1) is 24.4 Å². The van der Waals surface area contributed by atoms with Crippen LogP contribution in [0.15, 0.2) is 0 Å². The van der Waals surface area contributed by atoms with Crippen LogP contribution in [0.2, 0.25) is 0 Å². The molecule has 2 spiro atoms. The van der Waals surface area contributed by atoms with Gasteiger partial charge in [-0.1, -0.05) is 34.6 Å². The molecule has 0 radical (unpaired) electrons. The number of fused-ring (bicyclic) bond motifs is 4. The van der Waals surface area contributed by atoms with Crippen molar-refractivity contribution in [3.8, 4) is 0 Å². The van der Waals surface area contributed by atoms with Gasteiger partial charge in [0.2, 0.25) is 0 Å². The van der Waals surface area contributed by atoms with Gasteiger partial charge in [0.25, 0.3) is 0 Å². The minimum atomic E-state index is -1.31. The molecule has 10 heteroatoms. The Morgan fingerprint density at radius 1 is 0.979 bits per heavy atom. The maximum atomic E-state index is 15.0. The van der Waals surface area contributed by atoms with Gasteiger partial charge in [-0.3, -0.25) is 9.59 Å². The second-order valence-corrected chi connectivity index (χ2v) is 18.4. The summed E-state index contributed by atoms with van der Waals surface area (Å²) in [5.74, 6) is 0.603. The first-order chi connectivity index (χ1) is 21.8. The van der Waals surface area contributed by atoms with Gasteiger partial charge in [-0.15, -0.1) is 0 Å². The van der Waals surface area contributed by atoms with Crippen molar-refractivity contribution in [3.05, 3.63) is 0 Å². The number of hydrogen-bond acceptors (Lipinski definition) is 10. The zero-order valence-corrected chi connectivity index (χ0v) is 29.5. The Kier molecular flexibility index (Phi) is 7.80. The quantitative estimate of drug-likeness (QED) is 0.254. The van der Waals surface area contributed by atoms with E-state index in [1.165, 1.54) is 6.92 Å². The topological polar surface area (TPSA) is 152 Å². The molecule has 7 aliphatic rings. The molecule has 0 amide bonds. The number of aliphatic hydroxyl groups excluding tert-OH is 3. The predicted octanol–water partition coefficient (Wildman–Crippen LogP) is 3.53. The normalized spacial score (nSPS) is 53.9. The second-order valence-electron chi connectivity index (χ2n) is 18.4. The van der Waals surface area contributed by atoms with E-state index in [1.807, 2.05) is 0 Å². The molecule has 0 bridgehead atoms. The minimum absolute atomic E-state index is 0.0668. The molecule has 0 aromatic heterocycles. The van der Waals surface area contributed by atoms with Crippen LogP contribution in [0, 0.1) is 50.7 Å². The van der Waals surface area contributed by atoms with E-state index in [0.717, 1.165) is 44.9 Å². The zero-order chi connectivity index (χ0) is 34.3. The molecule has 5 aliphatic carbocycles. The van der Waals surface area contributed by atoms with Crippen LogP contribution in [0.1, 0.15) is 107 Å². The minimum Gasteiger partial charge on any atom is -0.457 e. The Hall–Kier alpha value is -1.14. The maximum absolute atomic E-state index is 15.0. The van der Waals surface area contributed by atoms with E-state index in [9.17, 15) is 30.0 Å². The molecule has 0 unspecified atom stereocenters. The van der Waals surface area contributed by atoms with E-state index < -0.39 is 59.9 Å². The lowest BCUT2D eigenvalue weighted by Gasteiger charge is -2.62. The zero-order valence-electron chi connectivity index (χ0n) is 29.5. The smallest absolute Gasteiger partial charge is 0.303 e. The average Bonchev–Trinajstić information content (AvgIpc) is 3.61. The van der Waals surface area contributed by atoms with Crippen LogP contribution in [0.5, 0.6) is 0 Å². The summed E-state index contributed by atoms with van der Waals surface area (Å²) < 4.78 is 24.4. The SMILES string of the molecule is CC(=O)O[C@H]([C@H]1C[C@@H](C)[C@H]2[C@@H](O1)C(=O)[C@@]1(C)[C@@H]3CC[C@H]4C(C)(C)[C@@H](O[C@@H]5OC[C@@H](O)[C@H](O)[C@H]5O)CC[C@@]45C[C@@]35CC[C@]21C)C(C)(C)O. The first kappa shape index (κ1) is 34.3. The maximum Gasteiger partial charge on any atom is 0.303 e. The van der Waals surface area contributed by atoms with E-state index in [1.54, 1.807) is 13.8 Å². The van der Waals surface area contributed by atoms with Crippen molar-refractivity contribution < 1.29 is 49.0 Å². The lowest BCUT2D eigenvalue weighted by Crippen LogP contribution is -2.60. The molecular formula is C37H58O10. The summed E-state index contributed by atoms with van der Waals surface area (Å²) in [6, 6.07) is 0. The molecule has 0 aromatic carbocycles. The number of carbonyl (C=O) groups is 2.